The highest BCUT2D eigenvalue weighted by Gasteiger charge is 2.20. The lowest BCUT2D eigenvalue weighted by Crippen LogP contribution is -2.23. The van der Waals surface area contributed by atoms with Gasteiger partial charge in [0.25, 0.3) is 5.91 Å². The van der Waals surface area contributed by atoms with Crippen LogP contribution < -0.4 is 5.32 Å². The van der Waals surface area contributed by atoms with E-state index in [0.717, 1.165) is 22.4 Å². The van der Waals surface area contributed by atoms with Gasteiger partial charge in [-0.15, -0.1) is 11.3 Å². The van der Waals surface area contributed by atoms with Gasteiger partial charge in [-0.3, -0.25) is 4.79 Å². The zero-order valence-electron chi connectivity index (χ0n) is 14.7. The third-order valence-corrected chi connectivity index (χ3v) is 5.32. The van der Waals surface area contributed by atoms with Gasteiger partial charge in [-0.25, -0.2) is 8.78 Å². The second kappa shape index (κ2) is 7.78. The SMILES string of the molecule is O=C(NCc1ccc(F)cc1)c1scc(-c2ccc(F)cc2)c1-n1cccc1. The Kier molecular flexibility index (Phi) is 5.04. The predicted molar refractivity (Wildman–Crippen MR) is 107 cm³/mol. The molecule has 3 nitrogen and oxygen atoms in total. The molecule has 4 aromatic rings. The Morgan fingerprint density at radius 1 is 0.929 bits per heavy atom. The molecule has 140 valence electrons. The van der Waals surface area contributed by atoms with Crippen molar-refractivity contribution in [3.63, 3.8) is 0 Å². The third kappa shape index (κ3) is 3.73. The van der Waals surface area contributed by atoms with E-state index >= 15 is 0 Å². The van der Waals surface area contributed by atoms with Gasteiger partial charge in [0, 0.05) is 29.9 Å². The van der Waals surface area contributed by atoms with Crippen LogP contribution in [0.3, 0.4) is 0 Å². The number of amides is 1. The lowest BCUT2D eigenvalue weighted by molar-refractivity contribution is 0.0955. The molecule has 0 spiro atoms. The van der Waals surface area contributed by atoms with Gasteiger partial charge in [-0.1, -0.05) is 24.3 Å². The summed E-state index contributed by atoms with van der Waals surface area (Å²) in [7, 11) is 0. The van der Waals surface area contributed by atoms with Gasteiger partial charge >= 0.3 is 0 Å². The molecular weight excluding hydrogens is 378 g/mol. The lowest BCUT2D eigenvalue weighted by Gasteiger charge is -2.10. The topological polar surface area (TPSA) is 34.0 Å². The summed E-state index contributed by atoms with van der Waals surface area (Å²) in [6.45, 7) is 0.300. The minimum Gasteiger partial charge on any atom is -0.347 e. The summed E-state index contributed by atoms with van der Waals surface area (Å²) in [5, 5.41) is 4.78. The van der Waals surface area contributed by atoms with Crippen LogP contribution in [-0.2, 0) is 6.54 Å². The van der Waals surface area contributed by atoms with Crippen molar-refractivity contribution < 1.29 is 13.6 Å². The molecule has 28 heavy (non-hydrogen) atoms. The van der Waals surface area contributed by atoms with E-state index in [1.807, 2.05) is 34.5 Å². The zero-order valence-corrected chi connectivity index (χ0v) is 15.5. The Morgan fingerprint density at radius 2 is 1.54 bits per heavy atom. The molecule has 2 heterocycles. The highest BCUT2D eigenvalue weighted by atomic mass is 32.1. The van der Waals surface area contributed by atoms with Crippen LogP contribution in [0.1, 0.15) is 15.2 Å². The molecule has 0 aliphatic heterocycles. The maximum atomic E-state index is 13.3. The first-order valence-electron chi connectivity index (χ1n) is 8.65. The number of carbonyl (C=O) groups excluding carboxylic acids is 1. The number of rotatable bonds is 5. The van der Waals surface area contributed by atoms with Crippen LogP contribution in [-0.4, -0.2) is 10.5 Å². The zero-order chi connectivity index (χ0) is 19.5. The standard InChI is InChI=1S/C22H16F2N2OS/c23-17-7-3-15(4-8-17)13-25-22(27)21-20(26-11-1-2-12-26)19(14-28-21)16-5-9-18(24)10-6-16/h1-12,14H,13H2,(H,25,27). The molecule has 4 rings (SSSR count). The summed E-state index contributed by atoms with van der Waals surface area (Å²) in [5.74, 6) is -0.836. The van der Waals surface area contributed by atoms with Crippen molar-refractivity contribution >= 4 is 17.2 Å². The Balaban J connectivity index is 1.65. The molecule has 0 saturated carbocycles. The van der Waals surface area contributed by atoms with Crippen LogP contribution >= 0.6 is 11.3 Å². The number of halogens is 2. The number of hydrogen-bond acceptors (Lipinski definition) is 2. The summed E-state index contributed by atoms with van der Waals surface area (Å²) >= 11 is 1.33. The number of nitrogens with one attached hydrogen (secondary N) is 1. The largest absolute Gasteiger partial charge is 0.347 e. The number of nitrogens with zero attached hydrogens (tertiary/aromatic N) is 1. The molecule has 1 amide bonds. The van der Waals surface area contributed by atoms with E-state index < -0.39 is 0 Å². The molecule has 0 unspecified atom stereocenters. The molecular formula is C22H16F2N2OS. The lowest BCUT2D eigenvalue weighted by atomic mass is 10.1. The highest BCUT2D eigenvalue weighted by molar-refractivity contribution is 7.13. The minimum atomic E-state index is -0.313. The molecule has 2 aromatic carbocycles. The quantitative estimate of drug-likeness (QED) is 0.482. The van der Waals surface area contributed by atoms with Crippen LogP contribution in [0.5, 0.6) is 0 Å². The molecule has 0 saturated heterocycles. The fraction of sp³-hybridized carbons (Fsp3) is 0.0455. The fourth-order valence-electron chi connectivity index (χ4n) is 2.95. The van der Waals surface area contributed by atoms with Gasteiger partial charge in [0.2, 0.25) is 0 Å². The van der Waals surface area contributed by atoms with Crippen molar-refractivity contribution in [2.45, 2.75) is 6.54 Å². The monoisotopic (exact) mass is 394 g/mol. The summed E-state index contributed by atoms with van der Waals surface area (Å²) in [5.41, 5.74) is 3.25. The van der Waals surface area contributed by atoms with Gasteiger partial charge in [-0.2, -0.15) is 0 Å². The first-order chi connectivity index (χ1) is 13.6. The molecule has 2 aromatic heterocycles. The molecule has 0 aliphatic rings. The summed E-state index contributed by atoms with van der Waals surface area (Å²) in [6.07, 6.45) is 3.73. The number of benzene rings is 2. The van der Waals surface area contributed by atoms with Crippen molar-refractivity contribution in [2.75, 3.05) is 0 Å². The molecule has 0 bridgehead atoms. The second-order valence-electron chi connectivity index (χ2n) is 6.23. The average Bonchev–Trinajstić information content (AvgIpc) is 3.37. The molecule has 0 radical (unpaired) electrons. The molecule has 0 aliphatic carbocycles. The average molecular weight is 394 g/mol. The van der Waals surface area contributed by atoms with Gasteiger partial charge in [0.15, 0.2) is 0 Å². The van der Waals surface area contributed by atoms with Crippen molar-refractivity contribution in [1.29, 1.82) is 0 Å². The van der Waals surface area contributed by atoms with E-state index in [1.54, 1.807) is 24.3 Å². The van der Waals surface area contributed by atoms with E-state index in [9.17, 15) is 13.6 Å². The van der Waals surface area contributed by atoms with E-state index in [1.165, 1.54) is 35.6 Å². The van der Waals surface area contributed by atoms with Crippen molar-refractivity contribution in [1.82, 2.24) is 9.88 Å². The van der Waals surface area contributed by atoms with Crippen LogP contribution in [0.2, 0.25) is 0 Å². The number of hydrogen-bond donors (Lipinski definition) is 1. The summed E-state index contributed by atoms with van der Waals surface area (Å²) in [6, 6.07) is 16.0. The summed E-state index contributed by atoms with van der Waals surface area (Å²) < 4.78 is 28.2. The first kappa shape index (κ1) is 18.1. The normalized spacial score (nSPS) is 10.8. The van der Waals surface area contributed by atoms with Gasteiger partial charge in [0.1, 0.15) is 16.5 Å². The Hall–Kier alpha value is -3.25. The van der Waals surface area contributed by atoms with Gasteiger partial charge in [0.05, 0.1) is 5.69 Å². The summed E-state index contributed by atoms with van der Waals surface area (Å²) in [4.78, 5) is 13.4. The van der Waals surface area contributed by atoms with Crippen molar-refractivity contribution in [3.05, 3.63) is 101 Å². The maximum absolute atomic E-state index is 13.3. The molecule has 6 heteroatoms. The van der Waals surface area contributed by atoms with Crippen molar-refractivity contribution in [3.8, 4) is 16.8 Å². The third-order valence-electron chi connectivity index (χ3n) is 4.36. The molecule has 0 fully saturated rings. The van der Waals surface area contributed by atoms with E-state index in [4.69, 9.17) is 0 Å². The van der Waals surface area contributed by atoms with Gasteiger partial charge < -0.3 is 9.88 Å². The van der Waals surface area contributed by atoms with Crippen LogP contribution in [0.4, 0.5) is 8.78 Å². The molecule has 0 atom stereocenters. The highest BCUT2D eigenvalue weighted by Crippen LogP contribution is 2.35. The van der Waals surface area contributed by atoms with E-state index in [2.05, 4.69) is 5.32 Å². The predicted octanol–water partition coefficient (Wildman–Crippen LogP) is 5.41. The van der Waals surface area contributed by atoms with Crippen LogP contribution in [0.25, 0.3) is 16.8 Å². The Labute approximate surface area is 164 Å². The number of thiophene rings is 1. The number of carbonyl (C=O) groups is 1. The maximum Gasteiger partial charge on any atom is 0.263 e. The van der Waals surface area contributed by atoms with E-state index in [-0.39, 0.29) is 17.5 Å². The minimum absolute atomic E-state index is 0.216. The Bertz CT molecular complexity index is 1080. The van der Waals surface area contributed by atoms with Crippen LogP contribution in [0, 0.1) is 11.6 Å². The second-order valence-corrected chi connectivity index (χ2v) is 7.11. The smallest absolute Gasteiger partial charge is 0.263 e. The first-order valence-corrected chi connectivity index (χ1v) is 9.53. The van der Waals surface area contributed by atoms with Crippen LogP contribution in [0.15, 0.2) is 78.4 Å². The fourth-order valence-corrected chi connectivity index (χ4v) is 3.94. The van der Waals surface area contributed by atoms with Crippen molar-refractivity contribution in [2.24, 2.45) is 0 Å². The van der Waals surface area contributed by atoms with E-state index in [0.29, 0.717) is 11.4 Å². The number of aromatic nitrogens is 1. The molecule has 1 N–H and O–H groups in total. The van der Waals surface area contributed by atoms with Gasteiger partial charge in [-0.05, 0) is 47.5 Å². The Morgan fingerprint density at radius 3 is 2.18 bits per heavy atom.